The number of likely N-dealkylation sites (tertiary alicyclic amines) is 1. The molecule has 0 aliphatic carbocycles. The predicted molar refractivity (Wildman–Crippen MR) is 67.8 cm³/mol. The highest BCUT2D eigenvalue weighted by molar-refractivity contribution is 5.02. The molecule has 1 aliphatic heterocycles. The maximum Gasteiger partial charge on any atom is 0.150 e. The van der Waals surface area contributed by atoms with Gasteiger partial charge < -0.3 is 9.84 Å². The summed E-state index contributed by atoms with van der Waals surface area (Å²) in [4.78, 5) is 2.47. The standard InChI is InChI=1S/C13H23N3O/c1-11-9-13(17-15-11)10-16-7-4-12(5-8-16)3-6-14-2/h9,12,14H,3-8,10H2,1-2H3. The number of hydrogen-bond donors (Lipinski definition) is 1. The van der Waals surface area contributed by atoms with Crippen molar-refractivity contribution in [2.45, 2.75) is 32.7 Å². The molecule has 0 spiro atoms. The van der Waals surface area contributed by atoms with E-state index in [1.807, 2.05) is 20.0 Å². The lowest BCUT2D eigenvalue weighted by Crippen LogP contribution is -2.33. The molecule has 1 aromatic heterocycles. The van der Waals surface area contributed by atoms with Crippen molar-refractivity contribution in [2.24, 2.45) is 5.92 Å². The van der Waals surface area contributed by atoms with Crippen LogP contribution in [0.15, 0.2) is 10.6 Å². The van der Waals surface area contributed by atoms with Crippen molar-refractivity contribution < 1.29 is 4.52 Å². The second kappa shape index (κ2) is 6.17. The molecule has 0 radical (unpaired) electrons. The van der Waals surface area contributed by atoms with Gasteiger partial charge in [0.25, 0.3) is 0 Å². The summed E-state index contributed by atoms with van der Waals surface area (Å²) in [7, 11) is 2.03. The van der Waals surface area contributed by atoms with E-state index in [0.29, 0.717) is 0 Å². The zero-order valence-corrected chi connectivity index (χ0v) is 10.9. The Morgan fingerprint density at radius 3 is 2.82 bits per heavy atom. The molecule has 1 saturated heterocycles. The zero-order chi connectivity index (χ0) is 12.1. The number of piperidine rings is 1. The molecule has 1 aliphatic rings. The van der Waals surface area contributed by atoms with Gasteiger partial charge in [-0.15, -0.1) is 0 Å². The lowest BCUT2D eigenvalue weighted by molar-refractivity contribution is 0.157. The molecule has 0 saturated carbocycles. The fourth-order valence-electron chi connectivity index (χ4n) is 2.49. The number of nitrogens with one attached hydrogen (secondary N) is 1. The molecule has 2 rings (SSSR count). The molecule has 1 fully saturated rings. The molecule has 2 heterocycles. The number of aryl methyl sites for hydroxylation is 1. The van der Waals surface area contributed by atoms with Crippen molar-refractivity contribution in [1.29, 1.82) is 0 Å². The quantitative estimate of drug-likeness (QED) is 0.848. The van der Waals surface area contributed by atoms with Gasteiger partial charge in [-0.1, -0.05) is 5.16 Å². The fourth-order valence-corrected chi connectivity index (χ4v) is 2.49. The van der Waals surface area contributed by atoms with E-state index in [4.69, 9.17) is 4.52 Å². The number of hydrogen-bond acceptors (Lipinski definition) is 4. The van der Waals surface area contributed by atoms with Crippen LogP contribution >= 0.6 is 0 Å². The lowest BCUT2D eigenvalue weighted by atomic mass is 9.93. The van der Waals surface area contributed by atoms with Gasteiger partial charge in [-0.2, -0.15) is 0 Å². The Morgan fingerprint density at radius 1 is 1.47 bits per heavy atom. The second-order valence-electron chi connectivity index (χ2n) is 5.05. The average Bonchev–Trinajstić information content (AvgIpc) is 2.74. The zero-order valence-electron chi connectivity index (χ0n) is 10.9. The Bertz CT molecular complexity index is 329. The third-order valence-electron chi connectivity index (χ3n) is 3.57. The Labute approximate surface area is 103 Å². The number of rotatable bonds is 5. The Kier molecular flexibility index (Phi) is 4.57. The molecule has 0 atom stereocenters. The van der Waals surface area contributed by atoms with E-state index in [9.17, 15) is 0 Å². The molecule has 1 N–H and O–H groups in total. The molecule has 0 amide bonds. The van der Waals surface area contributed by atoms with E-state index >= 15 is 0 Å². The molecule has 0 aromatic carbocycles. The summed E-state index contributed by atoms with van der Waals surface area (Å²) in [5.41, 5.74) is 0.976. The minimum atomic E-state index is 0.898. The van der Waals surface area contributed by atoms with E-state index < -0.39 is 0 Å². The highest BCUT2D eigenvalue weighted by Crippen LogP contribution is 2.21. The second-order valence-corrected chi connectivity index (χ2v) is 5.05. The Balaban J connectivity index is 1.72. The van der Waals surface area contributed by atoms with E-state index in [0.717, 1.165) is 30.5 Å². The van der Waals surface area contributed by atoms with Gasteiger partial charge >= 0.3 is 0 Å². The smallest absolute Gasteiger partial charge is 0.150 e. The minimum Gasteiger partial charge on any atom is -0.360 e. The Hall–Kier alpha value is -0.870. The summed E-state index contributed by atoms with van der Waals surface area (Å²) in [5, 5.41) is 7.16. The monoisotopic (exact) mass is 237 g/mol. The van der Waals surface area contributed by atoms with Crippen LogP contribution < -0.4 is 5.32 Å². The first-order valence-corrected chi connectivity index (χ1v) is 6.57. The summed E-state index contributed by atoms with van der Waals surface area (Å²) in [6.07, 6.45) is 3.94. The molecular formula is C13H23N3O. The molecule has 1 aromatic rings. The van der Waals surface area contributed by atoms with E-state index in [1.165, 1.54) is 32.4 Å². The SMILES string of the molecule is CNCCC1CCN(Cc2cc(C)no2)CC1. The van der Waals surface area contributed by atoms with E-state index in [-0.39, 0.29) is 0 Å². The predicted octanol–water partition coefficient (Wildman–Crippen LogP) is 1.80. The van der Waals surface area contributed by atoms with Crippen LogP contribution in [0.5, 0.6) is 0 Å². The van der Waals surface area contributed by atoms with Crippen LogP contribution in [-0.4, -0.2) is 36.7 Å². The first-order chi connectivity index (χ1) is 8.28. The lowest BCUT2D eigenvalue weighted by Gasteiger charge is -2.31. The fraction of sp³-hybridized carbons (Fsp3) is 0.769. The van der Waals surface area contributed by atoms with E-state index in [1.54, 1.807) is 0 Å². The largest absolute Gasteiger partial charge is 0.360 e. The van der Waals surface area contributed by atoms with Crippen LogP contribution in [0.2, 0.25) is 0 Å². The molecule has 17 heavy (non-hydrogen) atoms. The van der Waals surface area contributed by atoms with Gasteiger partial charge in [0.1, 0.15) is 0 Å². The van der Waals surface area contributed by atoms with Crippen LogP contribution in [0.3, 0.4) is 0 Å². The topological polar surface area (TPSA) is 41.3 Å². The first kappa shape index (κ1) is 12.6. The molecule has 4 nitrogen and oxygen atoms in total. The van der Waals surface area contributed by atoms with Crippen LogP contribution in [0.1, 0.15) is 30.7 Å². The normalized spacial score (nSPS) is 18.7. The van der Waals surface area contributed by atoms with Gasteiger partial charge in [0.2, 0.25) is 0 Å². The van der Waals surface area contributed by atoms with Gasteiger partial charge in [-0.25, -0.2) is 0 Å². The third kappa shape index (κ3) is 3.82. The average molecular weight is 237 g/mol. The molecular weight excluding hydrogens is 214 g/mol. The first-order valence-electron chi connectivity index (χ1n) is 6.57. The molecule has 0 unspecified atom stereocenters. The summed E-state index contributed by atoms with van der Waals surface area (Å²) in [6.45, 7) is 6.41. The van der Waals surface area contributed by atoms with Crippen molar-refractivity contribution in [3.8, 4) is 0 Å². The van der Waals surface area contributed by atoms with Gasteiger partial charge in [-0.3, -0.25) is 4.90 Å². The highest BCUT2D eigenvalue weighted by Gasteiger charge is 2.19. The summed E-state index contributed by atoms with van der Waals surface area (Å²) < 4.78 is 5.26. The van der Waals surface area contributed by atoms with Crippen LogP contribution in [-0.2, 0) is 6.54 Å². The van der Waals surface area contributed by atoms with Crippen molar-refractivity contribution in [3.05, 3.63) is 17.5 Å². The Morgan fingerprint density at radius 2 is 2.24 bits per heavy atom. The number of nitrogens with zero attached hydrogens (tertiary/aromatic N) is 2. The van der Waals surface area contributed by atoms with Crippen LogP contribution in [0.25, 0.3) is 0 Å². The molecule has 4 heteroatoms. The van der Waals surface area contributed by atoms with Crippen molar-refractivity contribution in [1.82, 2.24) is 15.4 Å². The summed E-state index contributed by atoms with van der Waals surface area (Å²) in [6, 6.07) is 2.03. The van der Waals surface area contributed by atoms with Gasteiger partial charge in [-0.05, 0) is 58.8 Å². The van der Waals surface area contributed by atoms with Crippen LogP contribution in [0.4, 0.5) is 0 Å². The number of aromatic nitrogens is 1. The highest BCUT2D eigenvalue weighted by atomic mass is 16.5. The van der Waals surface area contributed by atoms with Crippen molar-refractivity contribution >= 4 is 0 Å². The van der Waals surface area contributed by atoms with Gasteiger partial charge in [0.15, 0.2) is 5.76 Å². The van der Waals surface area contributed by atoms with Crippen molar-refractivity contribution in [2.75, 3.05) is 26.7 Å². The van der Waals surface area contributed by atoms with Crippen LogP contribution in [0, 0.1) is 12.8 Å². The summed E-state index contributed by atoms with van der Waals surface area (Å²) >= 11 is 0. The van der Waals surface area contributed by atoms with E-state index in [2.05, 4.69) is 15.4 Å². The minimum absolute atomic E-state index is 0.898. The maximum absolute atomic E-state index is 5.26. The molecule has 0 bridgehead atoms. The molecule has 96 valence electrons. The maximum atomic E-state index is 5.26. The third-order valence-corrected chi connectivity index (χ3v) is 3.57. The van der Waals surface area contributed by atoms with Crippen molar-refractivity contribution in [3.63, 3.8) is 0 Å². The van der Waals surface area contributed by atoms with Gasteiger partial charge in [0, 0.05) is 6.07 Å². The van der Waals surface area contributed by atoms with Gasteiger partial charge in [0.05, 0.1) is 12.2 Å². The summed E-state index contributed by atoms with van der Waals surface area (Å²) in [5.74, 6) is 1.89.